The summed E-state index contributed by atoms with van der Waals surface area (Å²) < 4.78 is 5.32. The molecule has 0 spiro atoms. The molecule has 1 fully saturated rings. The maximum Gasteiger partial charge on any atom is 0.309 e. The van der Waals surface area contributed by atoms with Gasteiger partial charge in [-0.05, 0) is 25.7 Å². The Bertz CT molecular complexity index is 473. The van der Waals surface area contributed by atoms with Crippen molar-refractivity contribution in [3.05, 3.63) is 12.2 Å². The predicted molar refractivity (Wildman–Crippen MR) is 79.0 cm³/mol. The summed E-state index contributed by atoms with van der Waals surface area (Å²) >= 11 is 0. The molecule has 2 aliphatic rings. The molecule has 1 amide bonds. The zero-order valence-corrected chi connectivity index (χ0v) is 12.9. The highest BCUT2D eigenvalue weighted by Crippen LogP contribution is 2.24. The second-order valence-corrected chi connectivity index (χ2v) is 6.10. The number of aliphatic carboxylic acids is 1. The molecule has 0 radical (unpaired) electrons. The molecular weight excluding hydrogens is 286 g/mol. The lowest BCUT2D eigenvalue weighted by Gasteiger charge is -2.28. The quantitative estimate of drug-likeness (QED) is 0.618. The van der Waals surface area contributed by atoms with Gasteiger partial charge in [-0.1, -0.05) is 19.1 Å². The van der Waals surface area contributed by atoms with Crippen LogP contribution < -0.4 is 0 Å². The molecule has 6 heteroatoms. The Morgan fingerprint density at radius 2 is 2.09 bits per heavy atom. The van der Waals surface area contributed by atoms with E-state index in [0.717, 1.165) is 12.8 Å². The second kappa shape index (κ2) is 7.42. The van der Waals surface area contributed by atoms with E-state index in [0.29, 0.717) is 19.4 Å². The summed E-state index contributed by atoms with van der Waals surface area (Å²) in [6, 6.07) is -0.122. The van der Waals surface area contributed by atoms with Gasteiger partial charge < -0.3 is 14.7 Å². The zero-order chi connectivity index (χ0) is 16.1. The van der Waals surface area contributed by atoms with Crippen molar-refractivity contribution in [1.82, 2.24) is 4.90 Å². The first-order chi connectivity index (χ1) is 10.5. The molecule has 122 valence electrons. The van der Waals surface area contributed by atoms with Crippen LogP contribution in [0.2, 0.25) is 0 Å². The van der Waals surface area contributed by atoms with Gasteiger partial charge in [0.2, 0.25) is 5.91 Å². The van der Waals surface area contributed by atoms with E-state index in [4.69, 9.17) is 9.84 Å². The molecule has 0 saturated carbocycles. The summed E-state index contributed by atoms with van der Waals surface area (Å²) in [5.74, 6) is -2.11. The third kappa shape index (κ3) is 4.08. The Balaban J connectivity index is 2.18. The van der Waals surface area contributed by atoms with Crippen molar-refractivity contribution < 1.29 is 24.2 Å². The van der Waals surface area contributed by atoms with E-state index in [9.17, 15) is 14.4 Å². The first-order valence-electron chi connectivity index (χ1n) is 7.83. The van der Waals surface area contributed by atoms with Gasteiger partial charge >= 0.3 is 11.9 Å². The van der Waals surface area contributed by atoms with Crippen molar-refractivity contribution in [2.24, 2.45) is 11.8 Å². The lowest BCUT2D eigenvalue weighted by molar-refractivity contribution is -0.152. The molecular formula is C16H23NO5. The normalized spacial score (nSPS) is 31.7. The van der Waals surface area contributed by atoms with E-state index in [2.05, 4.69) is 0 Å². The number of carboxylic acids is 1. The molecule has 6 nitrogen and oxygen atoms in total. The predicted octanol–water partition coefficient (Wildman–Crippen LogP) is 1.60. The zero-order valence-electron chi connectivity index (χ0n) is 12.9. The van der Waals surface area contributed by atoms with Crippen LogP contribution in [-0.2, 0) is 19.1 Å². The number of hydrogen-bond donors (Lipinski definition) is 1. The minimum Gasteiger partial charge on any atom is -0.481 e. The summed E-state index contributed by atoms with van der Waals surface area (Å²) in [6.07, 6.45) is 6.07. The fourth-order valence-corrected chi connectivity index (χ4v) is 2.99. The van der Waals surface area contributed by atoms with Gasteiger partial charge in [-0.3, -0.25) is 14.4 Å². The number of amides is 1. The Kier molecular flexibility index (Phi) is 5.57. The number of cyclic esters (lactones) is 1. The molecule has 2 heterocycles. The number of carbonyl (C=O) groups is 3. The van der Waals surface area contributed by atoms with Crippen molar-refractivity contribution in [2.75, 3.05) is 13.2 Å². The molecule has 2 aliphatic heterocycles. The smallest absolute Gasteiger partial charge is 0.309 e. The van der Waals surface area contributed by atoms with E-state index in [-0.39, 0.29) is 36.9 Å². The fraction of sp³-hybridized carbons (Fsp3) is 0.688. The van der Waals surface area contributed by atoms with Crippen molar-refractivity contribution >= 4 is 17.8 Å². The molecule has 1 saturated heterocycles. The molecule has 22 heavy (non-hydrogen) atoms. The molecule has 3 atom stereocenters. The summed E-state index contributed by atoms with van der Waals surface area (Å²) in [5.41, 5.74) is 0. The van der Waals surface area contributed by atoms with Crippen LogP contribution in [0, 0.1) is 11.8 Å². The first kappa shape index (κ1) is 16.5. The topological polar surface area (TPSA) is 83.9 Å². The van der Waals surface area contributed by atoms with Gasteiger partial charge in [-0.15, -0.1) is 0 Å². The van der Waals surface area contributed by atoms with Gasteiger partial charge in [0.25, 0.3) is 0 Å². The Morgan fingerprint density at radius 3 is 2.82 bits per heavy atom. The lowest BCUT2D eigenvalue weighted by Crippen LogP contribution is -2.43. The maximum atomic E-state index is 12.6. The molecule has 2 rings (SSSR count). The van der Waals surface area contributed by atoms with Crippen LogP contribution in [0.1, 0.15) is 39.0 Å². The third-order valence-corrected chi connectivity index (χ3v) is 4.33. The maximum absolute atomic E-state index is 12.6. The highest BCUT2D eigenvalue weighted by molar-refractivity contribution is 5.84. The number of hydrogen-bond acceptors (Lipinski definition) is 4. The van der Waals surface area contributed by atoms with Crippen LogP contribution in [0.25, 0.3) is 0 Å². The number of ether oxygens (including phenoxy) is 1. The van der Waals surface area contributed by atoms with E-state index in [1.165, 1.54) is 0 Å². The standard InChI is InChI=1S/C16H23NO5/c1-11-5-2-3-6-12(9-14(18)19)15(20)17-8-4-7-13(17)10-22-16(11)21/h2-3,11-13H,4-10H2,1H3,(H,18,19)/b3-2+/t11-,12-,13-/m0/s1. The Hall–Kier alpha value is -1.85. The van der Waals surface area contributed by atoms with Crippen LogP contribution in [0.15, 0.2) is 12.2 Å². The number of carboxylic acid groups (broad SMARTS) is 1. The first-order valence-corrected chi connectivity index (χ1v) is 7.83. The van der Waals surface area contributed by atoms with Crippen molar-refractivity contribution in [3.63, 3.8) is 0 Å². The summed E-state index contributed by atoms with van der Waals surface area (Å²) in [5, 5.41) is 9.03. The van der Waals surface area contributed by atoms with Gasteiger partial charge in [0.1, 0.15) is 6.61 Å². The molecule has 0 aromatic rings. The molecule has 0 aromatic carbocycles. The average molecular weight is 309 g/mol. The highest BCUT2D eigenvalue weighted by atomic mass is 16.5. The van der Waals surface area contributed by atoms with E-state index in [1.807, 2.05) is 19.1 Å². The molecule has 0 unspecified atom stereocenters. The summed E-state index contributed by atoms with van der Waals surface area (Å²) in [4.78, 5) is 37.2. The SMILES string of the molecule is C[C@H]1C/C=C/C[C@@H](CC(=O)O)C(=O)N2CCC[C@H]2COC1=O. The Morgan fingerprint density at radius 1 is 1.36 bits per heavy atom. The van der Waals surface area contributed by atoms with Crippen molar-refractivity contribution in [1.29, 1.82) is 0 Å². The minimum atomic E-state index is -0.964. The second-order valence-electron chi connectivity index (χ2n) is 6.10. The van der Waals surface area contributed by atoms with E-state index >= 15 is 0 Å². The highest BCUT2D eigenvalue weighted by Gasteiger charge is 2.34. The molecule has 0 bridgehead atoms. The average Bonchev–Trinajstić information content (AvgIpc) is 2.93. The van der Waals surface area contributed by atoms with Gasteiger partial charge in [0.15, 0.2) is 0 Å². The number of nitrogens with zero attached hydrogens (tertiary/aromatic N) is 1. The van der Waals surface area contributed by atoms with E-state index < -0.39 is 11.9 Å². The minimum absolute atomic E-state index is 0.122. The number of carbonyl (C=O) groups excluding carboxylic acids is 2. The third-order valence-electron chi connectivity index (χ3n) is 4.33. The number of allylic oxidation sites excluding steroid dienone is 2. The molecule has 1 N–H and O–H groups in total. The van der Waals surface area contributed by atoms with Crippen LogP contribution in [0.5, 0.6) is 0 Å². The molecule has 0 aromatic heterocycles. The molecule has 0 aliphatic carbocycles. The van der Waals surface area contributed by atoms with Crippen LogP contribution in [0.3, 0.4) is 0 Å². The number of rotatable bonds is 2. The number of fused-ring (bicyclic) bond motifs is 1. The summed E-state index contributed by atoms with van der Waals surface area (Å²) in [7, 11) is 0. The van der Waals surface area contributed by atoms with E-state index in [1.54, 1.807) is 4.90 Å². The Labute approximate surface area is 130 Å². The van der Waals surface area contributed by atoms with Crippen molar-refractivity contribution in [2.45, 2.75) is 45.1 Å². The lowest BCUT2D eigenvalue weighted by atomic mass is 9.97. The van der Waals surface area contributed by atoms with Crippen LogP contribution in [-0.4, -0.2) is 47.0 Å². The van der Waals surface area contributed by atoms with Crippen LogP contribution >= 0.6 is 0 Å². The number of esters is 1. The van der Waals surface area contributed by atoms with Gasteiger partial charge in [0, 0.05) is 6.54 Å². The largest absolute Gasteiger partial charge is 0.481 e. The van der Waals surface area contributed by atoms with Gasteiger partial charge in [-0.2, -0.15) is 0 Å². The fourth-order valence-electron chi connectivity index (χ4n) is 2.99. The van der Waals surface area contributed by atoms with Crippen LogP contribution in [0.4, 0.5) is 0 Å². The van der Waals surface area contributed by atoms with Gasteiger partial charge in [0.05, 0.1) is 24.3 Å². The monoisotopic (exact) mass is 309 g/mol. The van der Waals surface area contributed by atoms with Gasteiger partial charge in [-0.25, -0.2) is 0 Å². The van der Waals surface area contributed by atoms with Crippen molar-refractivity contribution in [3.8, 4) is 0 Å². The summed E-state index contributed by atoms with van der Waals surface area (Å²) in [6.45, 7) is 2.62.